The van der Waals surface area contributed by atoms with Crippen LogP contribution in [-0.2, 0) is 0 Å². The Labute approximate surface area is 349 Å². The molecule has 8 heteroatoms. The lowest BCUT2D eigenvalue weighted by Crippen LogP contribution is -2.00. The fourth-order valence-electron chi connectivity index (χ4n) is 8.21. The van der Waals surface area contributed by atoms with E-state index in [1.54, 1.807) is 0 Å². The van der Waals surface area contributed by atoms with E-state index in [4.69, 9.17) is 33.8 Å². The topological polar surface area (TPSA) is 95.7 Å². The molecule has 12 rings (SSSR count). The van der Waals surface area contributed by atoms with Crippen LogP contribution >= 0.6 is 0 Å². The maximum Gasteiger partial charge on any atom is 0.227 e. The molecule has 0 aliphatic rings. The quantitative estimate of drug-likeness (QED) is 0.159. The van der Waals surface area contributed by atoms with Crippen LogP contribution < -0.4 is 0 Å². The van der Waals surface area contributed by atoms with Crippen LogP contribution in [0.15, 0.2) is 203 Å². The van der Waals surface area contributed by atoms with Crippen molar-refractivity contribution in [2.75, 3.05) is 0 Å². The molecule has 0 saturated carbocycles. The van der Waals surface area contributed by atoms with Crippen LogP contribution in [-0.4, -0.2) is 29.5 Å². The van der Waals surface area contributed by atoms with E-state index < -0.39 is 0 Å². The van der Waals surface area contributed by atoms with Gasteiger partial charge in [0.1, 0.15) is 11.0 Å². The van der Waals surface area contributed by atoms with Gasteiger partial charge in [-0.3, -0.25) is 0 Å². The number of para-hydroxylation sites is 2. The standard InChI is InChI=1S/C53H32N6O2/c1-4-14-33(15-5-1)39-20-10-12-22-44(39)59-45-23-13-11-21-40(45)41-30-36(24-27-46(41)59)49-56-50(37-25-28-47-42(31-37)54-52(60-47)34-16-6-2-7-17-34)58-51(57-49)38-26-29-48-43(32-38)55-53(61-48)35-18-8-3-9-19-35/h1-32H. The Morgan fingerprint density at radius 1 is 0.328 bits per heavy atom. The molecule has 0 unspecified atom stereocenters. The minimum atomic E-state index is 0.510. The van der Waals surface area contributed by atoms with E-state index in [2.05, 4.69) is 102 Å². The van der Waals surface area contributed by atoms with Crippen molar-refractivity contribution in [1.29, 1.82) is 0 Å². The minimum absolute atomic E-state index is 0.510. The molecule has 61 heavy (non-hydrogen) atoms. The maximum atomic E-state index is 6.17. The first kappa shape index (κ1) is 34.5. The fourth-order valence-corrected chi connectivity index (χ4v) is 8.21. The summed E-state index contributed by atoms with van der Waals surface area (Å²) in [6.45, 7) is 0. The van der Waals surface area contributed by atoms with Gasteiger partial charge in [0, 0.05) is 44.2 Å². The maximum absolute atomic E-state index is 6.17. The van der Waals surface area contributed by atoms with E-state index in [9.17, 15) is 0 Å². The van der Waals surface area contributed by atoms with Gasteiger partial charge in [-0.1, -0.05) is 103 Å². The van der Waals surface area contributed by atoms with Crippen molar-refractivity contribution in [3.8, 4) is 73.9 Å². The number of hydrogen-bond acceptors (Lipinski definition) is 7. The number of aromatic nitrogens is 6. The second kappa shape index (κ2) is 14.1. The van der Waals surface area contributed by atoms with Crippen LogP contribution in [0.25, 0.3) is 118 Å². The largest absolute Gasteiger partial charge is 0.436 e. The first-order chi connectivity index (χ1) is 30.2. The van der Waals surface area contributed by atoms with Crippen LogP contribution in [0.1, 0.15) is 0 Å². The zero-order valence-electron chi connectivity index (χ0n) is 32.5. The summed E-state index contributed by atoms with van der Waals surface area (Å²) in [6, 6.07) is 65.7. The Morgan fingerprint density at radius 3 is 1.38 bits per heavy atom. The van der Waals surface area contributed by atoms with Gasteiger partial charge in [0.2, 0.25) is 11.8 Å². The van der Waals surface area contributed by atoms with E-state index in [0.29, 0.717) is 51.5 Å². The van der Waals surface area contributed by atoms with Gasteiger partial charge in [-0.2, -0.15) is 0 Å². The van der Waals surface area contributed by atoms with Gasteiger partial charge in [-0.05, 0) is 96.6 Å². The van der Waals surface area contributed by atoms with Crippen LogP contribution in [0, 0.1) is 0 Å². The van der Waals surface area contributed by atoms with Crippen molar-refractivity contribution in [2.24, 2.45) is 0 Å². The van der Waals surface area contributed by atoms with Crippen molar-refractivity contribution in [2.45, 2.75) is 0 Å². The number of nitrogens with zero attached hydrogens (tertiary/aromatic N) is 6. The monoisotopic (exact) mass is 784 g/mol. The van der Waals surface area contributed by atoms with Crippen LogP contribution in [0.3, 0.4) is 0 Å². The van der Waals surface area contributed by atoms with E-state index in [0.717, 1.165) is 66.4 Å². The van der Waals surface area contributed by atoms with Crippen LogP contribution in [0.2, 0.25) is 0 Å². The molecular weight excluding hydrogens is 753 g/mol. The van der Waals surface area contributed by atoms with Gasteiger partial charge < -0.3 is 13.4 Å². The average molecular weight is 785 g/mol. The highest BCUT2D eigenvalue weighted by Gasteiger charge is 2.20. The third-order valence-corrected chi connectivity index (χ3v) is 11.1. The molecule has 0 bridgehead atoms. The van der Waals surface area contributed by atoms with Gasteiger partial charge in [0.05, 0.1) is 16.7 Å². The third kappa shape index (κ3) is 6.05. The molecule has 4 heterocycles. The summed E-state index contributed by atoms with van der Waals surface area (Å²) < 4.78 is 14.7. The van der Waals surface area contributed by atoms with Crippen molar-refractivity contribution in [3.05, 3.63) is 194 Å². The van der Waals surface area contributed by atoms with Gasteiger partial charge in [0.25, 0.3) is 0 Å². The predicted molar refractivity (Wildman–Crippen MR) is 242 cm³/mol. The molecule has 0 radical (unpaired) electrons. The fraction of sp³-hybridized carbons (Fsp3) is 0. The third-order valence-electron chi connectivity index (χ3n) is 11.1. The molecule has 0 N–H and O–H groups in total. The molecule has 8 nitrogen and oxygen atoms in total. The molecule has 286 valence electrons. The van der Waals surface area contributed by atoms with Crippen molar-refractivity contribution >= 4 is 44.0 Å². The number of benzene rings is 8. The summed E-state index contributed by atoms with van der Waals surface area (Å²) in [7, 11) is 0. The molecule has 0 spiro atoms. The number of rotatable bonds is 7. The summed E-state index contributed by atoms with van der Waals surface area (Å²) in [6.07, 6.45) is 0. The molecule has 0 amide bonds. The van der Waals surface area contributed by atoms with Gasteiger partial charge in [-0.15, -0.1) is 0 Å². The number of hydrogen-bond donors (Lipinski definition) is 0. The van der Waals surface area contributed by atoms with E-state index in [-0.39, 0.29) is 0 Å². The zero-order chi connectivity index (χ0) is 40.3. The van der Waals surface area contributed by atoms with E-state index >= 15 is 0 Å². The second-order valence-corrected chi connectivity index (χ2v) is 14.9. The first-order valence-corrected chi connectivity index (χ1v) is 20.1. The number of oxazole rings is 2. The normalized spacial score (nSPS) is 11.6. The van der Waals surface area contributed by atoms with E-state index in [1.165, 1.54) is 0 Å². The Morgan fingerprint density at radius 2 is 0.787 bits per heavy atom. The van der Waals surface area contributed by atoms with Crippen molar-refractivity contribution in [3.63, 3.8) is 0 Å². The molecule has 0 fully saturated rings. The van der Waals surface area contributed by atoms with Gasteiger partial charge in [0.15, 0.2) is 28.6 Å². The van der Waals surface area contributed by atoms with Gasteiger partial charge in [-0.25, -0.2) is 24.9 Å². The lowest BCUT2D eigenvalue weighted by molar-refractivity contribution is 0.619. The highest BCUT2D eigenvalue weighted by atomic mass is 16.4. The Kier molecular flexibility index (Phi) is 7.99. The molecule has 0 saturated heterocycles. The predicted octanol–water partition coefficient (Wildman–Crippen LogP) is 13.3. The lowest BCUT2D eigenvalue weighted by Gasteiger charge is -2.14. The van der Waals surface area contributed by atoms with Gasteiger partial charge >= 0.3 is 0 Å². The lowest BCUT2D eigenvalue weighted by atomic mass is 10.0. The summed E-state index contributed by atoms with van der Waals surface area (Å²) in [5, 5.41) is 2.22. The second-order valence-electron chi connectivity index (χ2n) is 14.9. The SMILES string of the molecule is c1ccc(-c2nc3cc(-c4nc(-c5ccc6oc(-c7ccccc7)nc6c5)nc(-c5ccc6c(c5)c5ccccc5n6-c5ccccc5-c5ccccc5)n4)ccc3o2)cc1. The zero-order valence-corrected chi connectivity index (χ0v) is 32.5. The molecule has 0 aliphatic carbocycles. The Balaban J connectivity index is 1.03. The molecule has 0 atom stereocenters. The average Bonchev–Trinajstić information content (AvgIpc) is 4.06. The van der Waals surface area contributed by atoms with E-state index in [1.807, 2.05) is 97.1 Å². The molecule has 4 aromatic heterocycles. The molecule has 8 aromatic carbocycles. The molecule has 12 aromatic rings. The summed E-state index contributed by atoms with van der Waals surface area (Å²) in [5.74, 6) is 2.67. The molecule has 0 aliphatic heterocycles. The first-order valence-electron chi connectivity index (χ1n) is 20.1. The Hall–Kier alpha value is -8.49. The molecular formula is C53H32N6O2. The smallest absolute Gasteiger partial charge is 0.227 e. The highest BCUT2D eigenvalue weighted by molar-refractivity contribution is 6.11. The summed E-state index contributed by atoms with van der Waals surface area (Å²) in [4.78, 5) is 25.1. The summed E-state index contributed by atoms with van der Waals surface area (Å²) >= 11 is 0. The van der Waals surface area contributed by atoms with Crippen molar-refractivity contribution < 1.29 is 8.83 Å². The minimum Gasteiger partial charge on any atom is -0.436 e. The number of fused-ring (bicyclic) bond motifs is 5. The summed E-state index contributed by atoms with van der Waals surface area (Å²) in [5.41, 5.74) is 12.6. The van der Waals surface area contributed by atoms with Crippen molar-refractivity contribution in [1.82, 2.24) is 29.5 Å². The highest BCUT2D eigenvalue weighted by Crippen LogP contribution is 2.38. The van der Waals surface area contributed by atoms with Crippen LogP contribution in [0.4, 0.5) is 0 Å². The Bertz CT molecular complexity index is 3460. The van der Waals surface area contributed by atoms with Crippen LogP contribution in [0.5, 0.6) is 0 Å².